The van der Waals surface area contributed by atoms with Gasteiger partial charge in [-0.05, 0) is 18.9 Å². The molecule has 5 heteroatoms. The number of nitrogens with one attached hydrogen (secondary N) is 1. The fraction of sp³-hybridized carbons (Fsp3) is 0.600. The minimum Gasteiger partial charge on any atom is -0.396 e. The second-order valence-corrected chi connectivity index (χ2v) is 6.09. The van der Waals surface area contributed by atoms with E-state index in [-0.39, 0.29) is 23.8 Å². The minimum atomic E-state index is -0.175. The van der Waals surface area contributed by atoms with Gasteiger partial charge in [-0.1, -0.05) is 33.8 Å². The fourth-order valence-corrected chi connectivity index (χ4v) is 1.61. The van der Waals surface area contributed by atoms with E-state index in [1.165, 1.54) is 0 Å². The average molecular weight is 279 g/mol. The van der Waals surface area contributed by atoms with Gasteiger partial charge in [-0.15, -0.1) is 0 Å². The molecule has 0 saturated heterocycles. The summed E-state index contributed by atoms with van der Waals surface area (Å²) < 4.78 is 1.60. The Bertz CT molecular complexity index is 484. The standard InChI is InChI=1S/C15H25N3O2/c1-6-7-18-12(8-13(17-18)15(3,4)5)14(20)16-9-11(2)10-19/h6-8,11,19H,9-10H2,1-5H3,(H,16,20). The van der Waals surface area contributed by atoms with Crippen molar-refractivity contribution in [2.24, 2.45) is 5.92 Å². The molecule has 0 saturated carbocycles. The molecule has 1 rings (SSSR count). The van der Waals surface area contributed by atoms with Gasteiger partial charge in [0.05, 0.1) is 5.69 Å². The Kier molecular flexibility index (Phi) is 5.51. The van der Waals surface area contributed by atoms with Gasteiger partial charge >= 0.3 is 0 Å². The molecular weight excluding hydrogens is 254 g/mol. The zero-order valence-electron chi connectivity index (χ0n) is 13.0. The highest BCUT2D eigenvalue weighted by Gasteiger charge is 2.22. The highest BCUT2D eigenvalue weighted by Crippen LogP contribution is 2.22. The summed E-state index contributed by atoms with van der Waals surface area (Å²) in [6.07, 6.45) is 3.60. The molecule has 112 valence electrons. The normalized spacial score (nSPS) is 13.7. The van der Waals surface area contributed by atoms with E-state index in [0.29, 0.717) is 12.2 Å². The van der Waals surface area contributed by atoms with Crippen LogP contribution in [0.4, 0.5) is 0 Å². The topological polar surface area (TPSA) is 67.2 Å². The van der Waals surface area contributed by atoms with Crippen molar-refractivity contribution in [1.29, 1.82) is 0 Å². The Labute approximate surface area is 120 Å². The lowest BCUT2D eigenvalue weighted by molar-refractivity contribution is 0.0935. The first kappa shape index (κ1) is 16.4. The Morgan fingerprint density at radius 1 is 1.55 bits per heavy atom. The second-order valence-electron chi connectivity index (χ2n) is 6.09. The van der Waals surface area contributed by atoms with E-state index < -0.39 is 0 Å². The SMILES string of the molecule is CC=Cn1nc(C(C)(C)C)cc1C(=O)NCC(C)CO. The number of nitrogens with zero attached hydrogens (tertiary/aromatic N) is 2. The lowest BCUT2D eigenvalue weighted by Gasteiger charge is -2.13. The summed E-state index contributed by atoms with van der Waals surface area (Å²) in [5.74, 6) is -0.134. The molecule has 0 fully saturated rings. The minimum absolute atomic E-state index is 0.0409. The highest BCUT2D eigenvalue weighted by atomic mass is 16.3. The second kappa shape index (κ2) is 6.70. The fourth-order valence-electron chi connectivity index (χ4n) is 1.61. The maximum absolute atomic E-state index is 12.2. The van der Waals surface area contributed by atoms with Gasteiger partial charge in [0.25, 0.3) is 5.91 Å². The molecular formula is C15H25N3O2. The quantitative estimate of drug-likeness (QED) is 0.866. The first-order chi connectivity index (χ1) is 9.29. The van der Waals surface area contributed by atoms with Crippen LogP contribution in [0.15, 0.2) is 12.1 Å². The lowest BCUT2D eigenvalue weighted by Crippen LogP contribution is -2.30. The van der Waals surface area contributed by atoms with Gasteiger partial charge in [0, 0.05) is 24.8 Å². The van der Waals surface area contributed by atoms with E-state index in [4.69, 9.17) is 5.11 Å². The largest absolute Gasteiger partial charge is 0.396 e. The van der Waals surface area contributed by atoms with Gasteiger partial charge in [-0.25, -0.2) is 4.68 Å². The number of hydrogen-bond acceptors (Lipinski definition) is 3. The van der Waals surface area contributed by atoms with Gasteiger partial charge in [0.1, 0.15) is 5.69 Å². The predicted octanol–water partition coefficient (Wildman–Crippen LogP) is 2.03. The van der Waals surface area contributed by atoms with Crippen LogP contribution in [0.1, 0.15) is 50.8 Å². The third-order valence-corrected chi connectivity index (χ3v) is 2.95. The number of amides is 1. The molecule has 20 heavy (non-hydrogen) atoms. The van der Waals surface area contributed by atoms with Crippen molar-refractivity contribution in [2.75, 3.05) is 13.2 Å². The number of rotatable bonds is 5. The average Bonchev–Trinajstić information content (AvgIpc) is 2.80. The molecule has 1 amide bonds. The summed E-state index contributed by atoms with van der Waals surface area (Å²) >= 11 is 0. The highest BCUT2D eigenvalue weighted by molar-refractivity contribution is 5.93. The summed E-state index contributed by atoms with van der Waals surface area (Å²) in [7, 11) is 0. The summed E-state index contributed by atoms with van der Waals surface area (Å²) in [5.41, 5.74) is 1.27. The van der Waals surface area contributed by atoms with Gasteiger partial charge < -0.3 is 10.4 Å². The molecule has 0 aromatic carbocycles. The van der Waals surface area contributed by atoms with Gasteiger partial charge in [0.15, 0.2) is 0 Å². The van der Waals surface area contributed by atoms with Crippen molar-refractivity contribution < 1.29 is 9.90 Å². The van der Waals surface area contributed by atoms with Crippen LogP contribution in [-0.4, -0.2) is 33.9 Å². The molecule has 0 aliphatic carbocycles. The van der Waals surface area contributed by atoms with E-state index >= 15 is 0 Å². The number of carbonyl (C=O) groups excluding carboxylic acids is 1. The Balaban J connectivity index is 2.97. The molecule has 1 aromatic rings. The van der Waals surface area contributed by atoms with Gasteiger partial charge in [0.2, 0.25) is 0 Å². The molecule has 0 aliphatic rings. The van der Waals surface area contributed by atoms with Crippen LogP contribution in [0.5, 0.6) is 0 Å². The van der Waals surface area contributed by atoms with Crippen molar-refractivity contribution in [3.8, 4) is 0 Å². The number of carbonyl (C=O) groups is 1. The molecule has 5 nitrogen and oxygen atoms in total. The van der Waals surface area contributed by atoms with Gasteiger partial charge in [-0.3, -0.25) is 4.79 Å². The Morgan fingerprint density at radius 3 is 2.70 bits per heavy atom. The summed E-state index contributed by atoms with van der Waals surface area (Å²) in [4.78, 5) is 12.2. The lowest BCUT2D eigenvalue weighted by atomic mass is 9.92. The molecule has 1 aromatic heterocycles. The van der Waals surface area contributed by atoms with Crippen LogP contribution < -0.4 is 5.32 Å². The Hall–Kier alpha value is -1.62. The molecule has 0 bridgehead atoms. The zero-order chi connectivity index (χ0) is 15.3. The predicted molar refractivity (Wildman–Crippen MR) is 80.5 cm³/mol. The van der Waals surface area contributed by atoms with Crippen LogP contribution in [0.25, 0.3) is 6.20 Å². The number of allylic oxidation sites excluding steroid dienone is 1. The molecule has 1 heterocycles. The number of hydrogen-bond donors (Lipinski definition) is 2. The van der Waals surface area contributed by atoms with Crippen molar-refractivity contribution >= 4 is 12.1 Å². The van der Waals surface area contributed by atoms with Crippen LogP contribution in [-0.2, 0) is 5.41 Å². The first-order valence-electron chi connectivity index (χ1n) is 6.91. The third kappa shape index (κ3) is 4.20. The summed E-state index contributed by atoms with van der Waals surface area (Å²) in [6, 6.07) is 1.82. The van der Waals surface area contributed by atoms with Crippen LogP contribution in [0.2, 0.25) is 0 Å². The van der Waals surface area contributed by atoms with Crippen molar-refractivity contribution in [1.82, 2.24) is 15.1 Å². The maximum Gasteiger partial charge on any atom is 0.270 e. The smallest absolute Gasteiger partial charge is 0.270 e. The number of aliphatic hydroxyl groups excluding tert-OH is 1. The maximum atomic E-state index is 12.2. The van der Waals surface area contributed by atoms with E-state index in [1.807, 2.05) is 26.0 Å². The molecule has 1 unspecified atom stereocenters. The monoisotopic (exact) mass is 279 g/mol. The van der Waals surface area contributed by atoms with Crippen LogP contribution in [0, 0.1) is 5.92 Å². The van der Waals surface area contributed by atoms with E-state index in [9.17, 15) is 4.79 Å². The van der Waals surface area contributed by atoms with Crippen LogP contribution in [0.3, 0.4) is 0 Å². The van der Waals surface area contributed by atoms with Crippen molar-refractivity contribution in [3.05, 3.63) is 23.5 Å². The van der Waals surface area contributed by atoms with E-state index in [0.717, 1.165) is 5.69 Å². The Morgan fingerprint density at radius 2 is 2.20 bits per heavy atom. The number of aromatic nitrogens is 2. The first-order valence-corrected chi connectivity index (χ1v) is 6.91. The summed E-state index contributed by atoms with van der Waals surface area (Å²) in [6.45, 7) is 10.4. The van der Waals surface area contributed by atoms with Crippen LogP contribution >= 0.6 is 0 Å². The zero-order valence-corrected chi connectivity index (χ0v) is 13.0. The third-order valence-electron chi connectivity index (χ3n) is 2.95. The van der Waals surface area contributed by atoms with E-state index in [2.05, 4.69) is 31.2 Å². The molecule has 1 atom stereocenters. The van der Waals surface area contributed by atoms with Gasteiger partial charge in [-0.2, -0.15) is 5.10 Å². The molecule has 0 spiro atoms. The summed E-state index contributed by atoms with van der Waals surface area (Å²) in [5, 5.41) is 16.3. The number of aliphatic hydroxyl groups is 1. The molecule has 0 radical (unpaired) electrons. The molecule has 0 aliphatic heterocycles. The van der Waals surface area contributed by atoms with Crippen molar-refractivity contribution in [2.45, 2.75) is 40.0 Å². The van der Waals surface area contributed by atoms with E-state index in [1.54, 1.807) is 10.9 Å². The van der Waals surface area contributed by atoms with Crippen molar-refractivity contribution in [3.63, 3.8) is 0 Å². The molecule has 2 N–H and O–H groups in total.